The van der Waals surface area contributed by atoms with Crippen LogP contribution in [0.4, 0.5) is 0 Å². The Hall–Kier alpha value is -1.31. The Kier molecular flexibility index (Phi) is 6.44. The van der Waals surface area contributed by atoms with Crippen LogP contribution in [0.5, 0.6) is 0 Å². The Morgan fingerprint density at radius 3 is 1.00 bits per heavy atom. The van der Waals surface area contributed by atoms with Crippen molar-refractivity contribution in [2.75, 3.05) is 0 Å². The first-order valence-corrected chi connectivity index (χ1v) is 18.3. The fraction of sp³-hybridized carbons (Fsp3) is 0.333. The molecule has 0 radical (unpaired) electrons. The summed E-state index contributed by atoms with van der Waals surface area (Å²) in [5.41, 5.74) is 1.53. The van der Waals surface area contributed by atoms with E-state index >= 15 is 0 Å². The lowest BCUT2D eigenvalue weighted by Crippen LogP contribution is -2.29. The molecule has 0 unspecified atom stereocenters. The smallest absolute Gasteiger partial charge is 0.287 e. The maximum Gasteiger partial charge on any atom is 0.287 e. The van der Waals surface area contributed by atoms with Crippen molar-refractivity contribution < 1.29 is 24.6 Å². The van der Waals surface area contributed by atoms with E-state index in [1.165, 1.54) is 24.3 Å². The van der Waals surface area contributed by atoms with E-state index in [0.29, 0.717) is 0 Å². The number of benzene rings is 2. The van der Waals surface area contributed by atoms with Gasteiger partial charge in [0.25, 0.3) is 20.2 Å². The van der Waals surface area contributed by atoms with Crippen LogP contribution in [-0.4, -0.2) is 33.5 Å². The van der Waals surface area contributed by atoms with Gasteiger partial charge in [-0.1, -0.05) is 24.3 Å². The van der Waals surface area contributed by atoms with Gasteiger partial charge in [0.2, 0.25) is 16.6 Å². The lowest BCUT2D eigenvalue weighted by Gasteiger charge is -2.17. The van der Waals surface area contributed by atoms with Gasteiger partial charge < -0.3 is 7.74 Å². The Balaban J connectivity index is 2.26. The second-order valence-electron chi connectivity index (χ2n) is 8.35. The number of hydrogen-bond acceptors (Lipinski definition) is 6. The average molecular weight is 459 g/mol. The van der Waals surface area contributed by atoms with Crippen molar-refractivity contribution in [3.8, 4) is 11.1 Å². The molecule has 0 aliphatic rings. The maximum atomic E-state index is 12.3. The van der Waals surface area contributed by atoms with E-state index in [1.807, 2.05) is 0 Å². The maximum absolute atomic E-state index is 12.3. The largest absolute Gasteiger partial charge is 0.312 e. The van der Waals surface area contributed by atoms with Gasteiger partial charge in [0, 0.05) is 0 Å². The topological polar surface area (TPSA) is 86.7 Å². The molecule has 0 N–H and O–H groups in total. The Labute approximate surface area is 170 Å². The first-order valence-electron chi connectivity index (χ1n) is 8.71. The lowest BCUT2D eigenvalue weighted by molar-refractivity contribution is 0.483. The van der Waals surface area contributed by atoms with Gasteiger partial charge in [-0.25, -0.2) is 0 Å². The van der Waals surface area contributed by atoms with Crippen molar-refractivity contribution in [2.45, 2.75) is 49.1 Å². The minimum atomic E-state index is -3.79. The van der Waals surface area contributed by atoms with Gasteiger partial charge in [-0.3, -0.25) is 0 Å². The molecule has 6 nitrogen and oxygen atoms in total. The first-order chi connectivity index (χ1) is 12.6. The van der Waals surface area contributed by atoms with Gasteiger partial charge >= 0.3 is 0 Å². The molecule has 0 heterocycles. The molecule has 0 aromatic heterocycles. The highest BCUT2D eigenvalue weighted by molar-refractivity contribution is 7.88. The van der Waals surface area contributed by atoms with Gasteiger partial charge in [-0.05, 0) is 74.7 Å². The van der Waals surface area contributed by atoms with Crippen molar-refractivity contribution in [3.63, 3.8) is 0 Å². The Bertz CT molecular complexity index is 944. The van der Waals surface area contributed by atoms with Crippen molar-refractivity contribution in [1.29, 1.82) is 0 Å². The van der Waals surface area contributed by atoms with E-state index in [9.17, 15) is 16.8 Å². The predicted octanol–water partition coefficient (Wildman–Crippen LogP) is 4.43. The van der Waals surface area contributed by atoms with Crippen LogP contribution >= 0.6 is 0 Å². The number of hydrogen-bond donors (Lipinski definition) is 0. The van der Waals surface area contributed by atoms with E-state index in [4.69, 9.17) is 7.74 Å². The van der Waals surface area contributed by atoms with E-state index in [1.54, 1.807) is 63.5 Å². The minimum absolute atomic E-state index is 0.0985. The molecule has 2 aromatic rings. The summed E-state index contributed by atoms with van der Waals surface area (Å²) in [6, 6.07) is 12.6. The summed E-state index contributed by atoms with van der Waals surface area (Å²) in [5.74, 6) is 0. The highest BCUT2D eigenvalue weighted by atomic mass is 32.2. The van der Waals surface area contributed by atoms with Gasteiger partial charge in [-0.2, -0.15) is 16.8 Å². The summed E-state index contributed by atoms with van der Waals surface area (Å²) < 4.78 is 59.8. The van der Waals surface area contributed by atoms with Crippen LogP contribution in [0.15, 0.2) is 58.3 Å². The molecule has 0 aliphatic carbocycles. The molecular formula is C18H26O6S2Si2. The summed E-state index contributed by atoms with van der Waals surface area (Å²) in [6.45, 7) is 10.8. The van der Waals surface area contributed by atoms with Gasteiger partial charge in [-0.15, -0.1) is 0 Å². The standard InChI is InChI=1S/C18H26O6S2Si2/c1-27(2,3)23-25(19,20)17-11-7-15(8-12-17)16-9-13-18(14-10-16)26(21,22)24-28(4,5)6/h7-14H,1-6H3. The predicted molar refractivity (Wildman–Crippen MR) is 115 cm³/mol. The molecule has 0 spiro atoms. The Morgan fingerprint density at radius 1 is 0.536 bits per heavy atom. The van der Waals surface area contributed by atoms with Crippen LogP contribution in [0.2, 0.25) is 39.3 Å². The second kappa shape index (κ2) is 7.84. The van der Waals surface area contributed by atoms with Crippen LogP contribution in [0, 0.1) is 0 Å². The highest BCUT2D eigenvalue weighted by Gasteiger charge is 2.27. The van der Waals surface area contributed by atoms with Crippen LogP contribution in [0.1, 0.15) is 0 Å². The molecule has 0 atom stereocenters. The fourth-order valence-electron chi connectivity index (χ4n) is 2.38. The molecule has 0 bridgehead atoms. The van der Waals surface area contributed by atoms with E-state index < -0.39 is 36.9 Å². The molecular weight excluding hydrogens is 432 g/mol. The fourth-order valence-corrected chi connectivity index (χ4v) is 9.36. The summed E-state index contributed by atoms with van der Waals surface area (Å²) in [4.78, 5) is 0.197. The summed E-state index contributed by atoms with van der Waals surface area (Å²) >= 11 is 0. The summed E-state index contributed by atoms with van der Waals surface area (Å²) in [5, 5.41) is 0. The van der Waals surface area contributed by atoms with Gasteiger partial charge in [0.15, 0.2) is 0 Å². The number of rotatable bonds is 7. The molecule has 0 saturated carbocycles. The third-order valence-electron chi connectivity index (χ3n) is 3.34. The van der Waals surface area contributed by atoms with E-state index in [2.05, 4.69) is 0 Å². The van der Waals surface area contributed by atoms with E-state index in [0.717, 1.165) is 11.1 Å². The van der Waals surface area contributed by atoms with E-state index in [-0.39, 0.29) is 9.79 Å². The van der Waals surface area contributed by atoms with Crippen LogP contribution in [0.3, 0.4) is 0 Å². The zero-order valence-corrected chi connectivity index (χ0v) is 20.5. The molecule has 28 heavy (non-hydrogen) atoms. The minimum Gasteiger partial charge on any atom is -0.312 e. The van der Waals surface area contributed by atoms with Crippen molar-refractivity contribution in [1.82, 2.24) is 0 Å². The molecule has 2 rings (SSSR count). The third-order valence-corrected chi connectivity index (χ3v) is 10.8. The molecule has 154 valence electrons. The summed E-state index contributed by atoms with van der Waals surface area (Å²) in [6.07, 6.45) is 0. The lowest BCUT2D eigenvalue weighted by atomic mass is 10.1. The third kappa shape index (κ3) is 6.36. The van der Waals surface area contributed by atoms with Gasteiger partial charge in [0.05, 0.1) is 9.79 Å². The van der Waals surface area contributed by atoms with Crippen LogP contribution < -0.4 is 0 Å². The van der Waals surface area contributed by atoms with Crippen molar-refractivity contribution in [2.24, 2.45) is 0 Å². The molecule has 0 saturated heterocycles. The SMILES string of the molecule is C[Si](C)(C)OS(=O)(=O)c1ccc(-c2ccc(S(=O)(=O)O[Si](C)(C)C)cc2)cc1. The quantitative estimate of drug-likeness (QED) is 0.570. The highest BCUT2D eigenvalue weighted by Crippen LogP contribution is 2.26. The normalized spacial score (nSPS) is 13.5. The van der Waals surface area contributed by atoms with Crippen LogP contribution in [-0.2, 0) is 28.0 Å². The zero-order valence-electron chi connectivity index (χ0n) is 16.9. The van der Waals surface area contributed by atoms with Crippen LogP contribution in [0.25, 0.3) is 11.1 Å². The zero-order chi connectivity index (χ0) is 21.4. The van der Waals surface area contributed by atoms with Crippen molar-refractivity contribution in [3.05, 3.63) is 48.5 Å². The molecule has 2 aromatic carbocycles. The average Bonchev–Trinajstić information content (AvgIpc) is 2.51. The molecule has 0 fully saturated rings. The molecule has 10 heteroatoms. The Morgan fingerprint density at radius 2 is 0.786 bits per heavy atom. The van der Waals surface area contributed by atoms with Crippen molar-refractivity contribution >= 4 is 36.9 Å². The summed E-state index contributed by atoms with van der Waals surface area (Å²) in [7, 11) is -12.1. The monoisotopic (exact) mass is 458 g/mol. The van der Waals surface area contributed by atoms with Gasteiger partial charge in [0.1, 0.15) is 0 Å². The molecule has 0 amide bonds. The molecule has 0 aliphatic heterocycles. The first kappa shape index (κ1) is 23.0. The second-order valence-corrected chi connectivity index (χ2v) is 20.9.